The molecular formula is C33H41F3N3O3+. The van der Waals surface area contributed by atoms with E-state index in [4.69, 9.17) is 14.5 Å². The third kappa shape index (κ3) is 6.42. The lowest BCUT2D eigenvalue weighted by atomic mass is 9.90. The number of ether oxygens (including phenoxy) is 2. The van der Waals surface area contributed by atoms with E-state index in [2.05, 4.69) is 19.2 Å². The standard InChI is InChI=1S/C33H41F3N3O3/c1-22(2)21-42-26-10-11-27-29(19-26)38-31(23-8-7-9-24(18-23)33(34,35)36)28(30(27)32(40)41-3)20-39(16-5-4-6-17-39)25-12-14-37-15-13-25/h7-11,18-19,22,25,37H,4-6,12-17,20-21H2,1-3H3/q+1. The Kier molecular flexibility index (Phi) is 9.08. The predicted octanol–water partition coefficient (Wildman–Crippen LogP) is 6.99. The minimum absolute atomic E-state index is 0.307. The number of benzene rings is 2. The first-order valence-electron chi connectivity index (χ1n) is 15.0. The van der Waals surface area contributed by atoms with Crippen molar-refractivity contribution < 1.29 is 31.9 Å². The third-order valence-electron chi connectivity index (χ3n) is 8.76. The fourth-order valence-electron chi connectivity index (χ4n) is 6.67. The first-order valence-corrected chi connectivity index (χ1v) is 15.0. The second kappa shape index (κ2) is 12.6. The number of pyridine rings is 1. The van der Waals surface area contributed by atoms with Crippen LogP contribution in [0.15, 0.2) is 42.5 Å². The number of carbonyl (C=O) groups excluding carboxylic acids is 1. The number of aromatic nitrogens is 1. The molecule has 2 saturated heterocycles. The number of nitrogens with zero attached hydrogens (tertiary/aromatic N) is 2. The smallest absolute Gasteiger partial charge is 0.416 e. The van der Waals surface area contributed by atoms with E-state index in [1.807, 2.05) is 12.1 Å². The van der Waals surface area contributed by atoms with E-state index >= 15 is 0 Å². The van der Waals surface area contributed by atoms with Gasteiger partial charge in [-0.3, -0.25) is 0 Å². The summed E-state index contributed by atoms with van der Waals surface area (Å²) in [6.45, 7) is 8.91. The van der Waals surface area contributed by atoms with Crippen molar-refractivity contribution in [2.75, 3.05) is 39.9 Å². The van der Waals surface area contributed by atoms with E-state index in [9.17, 15) is 18.0 Å². The number of esters is 1. The number of piperidine rings is 2. The molecule has 0 saturated carbocycles. The number of hydrogen-bond acceptors (Lipinski definition) is 5. The molecule has 2 aliphatic rings. The van der Waals surface area contributed by atoms with Gasteiger partial charge in [-0.1, -0.05) is 26.0 Å². The van der Waals surface area contributed by atoms with Gasteiger partial charge in [0, 0.05) is 48.5 Å². The summed E-state index contributed by atoms with van der Waals surface area (Å²) in [4.78, 5) is 18.6. The monoisotopic (exact) mass is 584 g/mol. The number of carbonyl (C=O) groups is 1. The summed E-state index contributed by atoms with van der Waals surface area (Å²) in [5, 5.41) is 4.08. The minimum Gasteiger partial charge on any atom is -0.493 e. The zero-order chi connectivity index (χ0) is 29.9. The summed E-state index contributed by atoms with van der Waals surface area (Å²) in [7, 11) is 1.35. The van der Waals surface area contributed by atoms with Gasteiger partial charge in [0.2, 0.25) is 0 Å². The molecule has 6 nitrogen and oxygen atoms in total. The van der Waals surface area contributed by atoms with Gasteiger partial charge in [0.1, 0.15) is 12.3 Å². The average Bonchev–Trinajstić information content (AvgIpc) is 2.99. The van der Waals surface area contributed by atoms with E-state index in [0.29, 0.717) is 64.1 Å². The Hall–Kier alpha value is -3.17. The maximum absolute atomic E-state index is 13.9. The van der Waals surface area contributed by atoms with Crippen LogP contribution in [0.2, 0.25) is 0 Å². The van der Waals surface area contributed by atoms with Crippen LogP contribution in [-0.2, 0) is 17.5 Å². The van der Waals surface area contributed by atoms with Crippen LogP contribution in [0.1, 0.15) is 67.4 Å². The molecule has 0 aliphatic carbocycles. The van der Waals surface area contributed by atoms with E-state index in [1.165, 1.54) is 13.2 Å². The molecule has 2 aromatic carbocycles. The lowest BCUT2D eigenvalue weighted by Gasteiger charge is -2.49. The van der Waals surface area contributed by atoms with Crippen LogP contribution in [0.4, 0.5) is 13.2 Å². The molecule has 1 aromatic heterocycles. The van der Waals surface area contributed by atoms with Crippen molar-refractivity contribution in [2.24, 2.45) is 5.92 Å². The van der Waals surface area contributed by atoms with Crippen molar-refractivity contribution >= 4 is 16.9 Å². The molecule has 1 N–H and O–H groups in total. The summed E-state index contributed by atoms with van der Waals surface area (Å²) < 4.78 is 53.7. The van der Waals surface area contributed by atoms with Gasteiger partial charge in [-0.15, -0.1) is 0 Å². The molecular weight excluding hydrogens is 543 g/mol. The third-order valence-corrected chi connectivity index (χ3v) is 8.76. The molecule has 3 aromatic rings. The summed E-state index contributed by atoms with van der Waals surface area (Å²) in [6.07, 6.45) is 0.839. The number of quaternary nitrogens is 1. The van der Waals surface area contributed by atoms with Crippen LogP contribution in [0.5, 0.6) is 5.75 Å². The molecule has 42 heavy (non-hydrogen) atoms. The average molecular weight is 585 g/mol. The Labute approximate surface area is 245 Å². The number of rotatable bonds is 8. The molecule has 226 valence electrons. The van der Waals surface area contributed by atoms with Gasteiger partial charge in [-0.05, 0) is 49.4 Å². The van der Waals surface area contributed by atoms with Crippen molar-refractivity contribution in [3.8, 4) is 17.0 Å². The highest BCUT2D eigenvalue weighted by Gasteiger charge is 2.41. The topological polar surface area (TPSA) is 60.5 Å². The number of halogens is 3. The number of hydrogen-bond donors (Lipinski definition) is 1. The highest BCUT2D eigenvalue weighted by atomic mass is 19.4. The molecule has 2 aliphatic heterocycles. The Morgan fingerprint density at radius 3 is 2.48 bits per heavy atom. The largest absolute Gasteiger partial charge is 0.493 e. The van der Waals surface area contributed by atoms with Crippen LogP contribution in [-0.4, -0.2) is 61.4 Å². The van der Waals surface area contributed by atoms with Crippen molar-refractivity contribution in [3.63, 3.8) is 0 Å². The summed E-state index contributed by atoms with van der Waals surface area (Å²) >= 11 is 0. The Balaban J connectivity index is 1.75. The van der Waals surface area contributed by atoms with E-state index in [0.717, 1.165) is 74.9 Å². The maximum atomic E-state index is 13.9. The van der Waals surface area contributed by atoms with E-state index < -0.39 is 17.7 Å². The molecule has 0 bridgehead atoms. The number of nitrogens with one attached hydrogen (secondary N) is 1. The zero-order valence-electron chi connectivity index (χ0n) is 24.7. The SMILES string of the molecule is COC(=O)c1c(C[N+]2(C3CCNCC3)CCCCC2)c(-c2cccc(C(F)(F)F)c2)nc2cc(OCC(C)C)ccc12. The van der Waals surface area contributed by atoms with Gasteiger partial charge in [-0.25, -0.2) is 9.78 Å². The first kappa shape index (κ1) is 30.3. The molecule has 0 amide bonds. The van der Waals surface area contributed by atoms with Gasteiger partial charge >= 0.3 is 12.1 Å². The van der Waals surface area contributed by atoms with Crippen LogP contribution < -0.4 is 10.1 Å². The number of likely N-dealkylation sites (tertiary alicyclic amines) is 1. The van der Waals surface area contributed by atoms with Crippen molar-refractivity contribution in [1.29, 1.82) is 0 Å². The van der Waals surface area contributed by atoms with Crippen LogP contribution in [0, 0.1) is 5.92 Å². The fraction of sp³-hybridized carbons (Fsp3) is 0.515. The quantitative estimate of drug-likeness (QED) is 0.228. The van der Waals surface area contributed by atoms with Crippen LogP contribution in [0.25, 0.3) is 22.2 Å². The van der Waals surface area contributed by atoms with E-state index in [-0.39, 0.29) is 0 Å². The molecule has 5 rings (SSSR count). The second-order valence-corrected chi connectivity index (χ2v) is 12.1. The lowest BCUT2D eigenvalue weighted by Crippen LogP contribution is -2.60. The Morgan fingerprint density at radius 2 is 1.81 bits per heavy atom. The lowest BCUT2D eigenvalue weighted by molar-refractivity contribution is -0.968. The number of alkyl halides is 3. The molecule has 3 heterocycles. The van der Waals surface area contributed by atoms with Crippen LogP contribution in [0.3, 0.4) is 0 Å². The Bertz CT molecular complexity index is 1410. The molecule has 9 heteroatoms. The van der Waals surface area contributed by atoms with Gasteiger partial charge in [0.15, 0.2) is 0 Å². The summed E-state index contributed by atoms with van der Waals surface area (Å²) in [5.41, 5.74) is 1.50. The number of fused-ring (bicyclic) bond motifs is 1. The first-order chi connectivity index (χ1) is 20.1. The molecule has 0 radical (unpaired) electrons. The normalized spacial score (nSPS) is 17.9. The van der Waals surface area contributed by atoms with Gasteiger partial charge in [-0.2, -0.15) is 13.2 Å². The predicted molar refractivity (Wildman–Crippen MR) is 157 cm³/mol. The highest BCUT2D eigenvalue weighted by Crippen LogP contribution is 2.39. The molecule has 0 atom stereocenters. The van der Waals surface area contributed by atoms with Crippen LogP contribution >= 0.6 is 0 Å². The molecule has 0 spiro atoms. The van der Waals surface area contributed by atoms with Crippen molar-refractivity contribution in [3.05, 3.63) is 59.2 Å². The minimum atomic E-state index is -4.51. The van der Waals surface area contributed by atoms with Crippen molar-refractivity contribution in [2.45, 2.75) is 64.7 Å². The summed E-state index contributed by atoms with van der Waals surface area (Å²) in [6, 6.07) is 11.1. The van der Waals surface area contributed by atoms with E-state index in [1.54, 1.807) is 12.1 Å². The second-order valence-electron chi connectivity index (χ2n) is 12.1. The Morgan fingerprint density at radius 1 is 1.07 bits per heavy atom. The van der Waals surface area contributed by atoms with Gasteiger partial charge in [0.25, 0.3) is 0 Å². The van der Waals surface area contributed by atoms with Gasteiger partial charge < -0.3 is 19.3 Å². The van der Waals surface area contributed by atoms with Gasteiger partial charge in [0.05, 0.1) is 55.2 Å². The summed E-state index contributed by atoms with van der Waals surface area (Å²) in [5.74, 6) is 0.389. The highest BCUT2D eigenvalue weighted by molar-refractivity contribution is 6.06. The molecule has 0 unspecified atom stereocenters. The fourth-order valence-corrected chi connectivity index (χ4v) is 6.67. The maximum Gasteiger partial charge on any atom is 0.416 e. The van der Waals surface area contributed by atoms with Crippen molar-refractivity contribution in [1.82, 2.24) is 10.3 Å². The zero-order valence-corrected chi connectivity index (χ0v) is 24.7. The molecule has 2 fully saturated rings. The number of methoxy groups -OCH3 is 1.